The number of halogens is 2. The van der Waals surface area contributed by atoms with Crippen LogP contribution in [0.3, 0.4) is 0 Å². The van der Waals surface area contributed by atoms with E-state index in [1.807, 2.05) is 40.4 Å². The number of aliphatic hydroxyl groups is 1. The molecule has 3 nitrogen and oxygen atoms in total. The molecule has 3 N–H and O–H groups in total. The van der Waals surface area contributed by atoms with E-state index in [0.717, 1.165) is 0 Å². The molecule has 0 aliphatic heterocycles. The molecule has 0 aliphatic rings. The number of hydrogen-bond acceptors (Lipinski definition) is 2. The molecule has 0 bridgehead atoms. The molecular weight excluding hydrogens is 493 g/mol. The van der Waals surface area contributed by atoms with Gasteiger partial charge in [-0.05, 0) is 26.6 Å². The van der Waals surface area contributed by atoms with Crippen molar-refractivity contribution in [3.8, 4) is 0 Å². The van der Waals surface area contributed by atoms with Crippen LogP contribution in [0, 0.1) is 7.43 Å². The van der Waals surface area contributed by atoms with E-state index < -0.39 is 8.32 Å². The molecule has 8 heteroatoms. The van der Waals surface area contributed by atoms with Gasteiger partial charge < -0.3 is 23.1 Å². The molecule has 0 aromatic heterocycles. The van der Waals surface area contributed by atoms with Gasteiger partial charge in [-0.3, -0.25) is 0 Å². The first-order valence-electron chi connectivity index (χ1n) is 7.82. The van der Waals surface area contributed by atoms with Gasteiger partial charge in [0.1, 0.15) is 0 Å². The third kappa shape index (κ3) is 52.0. The second-order valence-corrected chi connectivity index (χ2v) is 11.2. The van der Waals surface area contributed by atoms with Gasteiger partial charge in [-0.15, -0.1) is 60.0 Å². The average molecular weight is 531 g/mol. The molecule has 0 spiro atoms. The first kappa shape index (κ1) is 41.9. The van der Waals surface area contributed by atoms with Crippen LogP contribution in [-0.2, 0) is 23.3 Å². The minimum Gasteiger partial charge on any atom is -0.168 e. The Balaban J connectivity index is -0.0000000547. The maximum absolute atomic E-state index is 8.66. The molecular formula is C19H38Cl2NO2Si2Zr-3. The Kier molecular flexibility index (Phi) is 38.2. The summed E-state index contributed by atoms with van der Waals surface area (Å²) in [6.45, 7) is 16.2. The molecule has 160 valence electrons. The normalized spacial score (nSPS) is 8.63. The summed E-state index contributed by atoms with van der Waals surface area (Å²) in [6.07, 6.45) is 0. The Bertz CT molecular complexity index is 462. The summed E-state index contributed by atoms with van der Waals surface area (Å²) < 4.78 is 0. The van der Waals surface area contributed by atoms with Crippen molar-refractivity contribution in [2.75, 3.05) is 6.61 Å². The maximum Gasteiger partial charge on any atom is -0.0809 e. The fourth-order valence-corrected chi connectivity index (χ4v) is 1.07. The monoisotopic (exact) mass is 528 g/mol. The average Bonchev–Trinajstić information content (AvgIpc) is 2.86. The van der Waals surface area contributed by atoms with E-state index in [-0.39, 0.29) is 44.4 Å². The molecule has 0 fully saturated rings. The zero-order chi connectivity index (χ0) is 19.8. The zero-order valence-electron chi connectivity index (χ0n) is 18.0. The number of fused-ring (bicyclic) bond motifs is 1. The predicted molar refractivity (Wildman–Crippen MR) is 129 cm³/mol. The van der Waals surface area contributed by atoms with E-state index in [0.29, 0.717) is 0 Å². The minimum atomic E-state index is -1.61. The summed E-state index contributed by atoms with van der Waals surface area (Å²) in [6, 6.07) is 14.7. The van der Waals surface area contributed by atoms with Gasteiger partial charge in [-0.2, -0.15) is 17.5 Å². The van der Waals surface area contributed by atoms with E-state index in [2.05, 4.69) is 49.3 Å². The van der Waals surface area contributed by atoms with E-state index >= 15 is 0 Å². The summed E-state index contributed by atoms with van der Waals surface area (Å²) >= 11 is 1.36. The van der Waals surface area contributed by atoms with Crippen LogP contribution in [0.25, 0.3) is 16.5 Å². The molecule has 0 aliphatic carbocycles. The van der Waals surface area contributed by atoms with Crippen LogP contribution in [0.2, 0.25) is 19.6 Å². The van der Waals surface area contributed by atoms with Gasteiger partial charge in [0.2, 0.25) is 0 Å². The zero-order valence-corrected chi connectivity index (χ0v) is 24.1. The fourth-order valence-electron chi connectivity index (χ4n) is 1.07. The van der Waals surface area contributed by atoms with E-state index in [4.69, 9.17) is 15.6 Å². The van der Waals surface area contributed by atoms with Gasteiger partial charge in [0.05, 0.1) is 0 Å². The van der Waals surface area contributed by atoms with Gasteiger partial charge in [0.25, 0.3) is 0 Å². The standard InChI is InChI=1S/C9H7.C4H10N.C3H10OSi.C2H6O.CH3.2ClH.Si.Zr/c1-2-5-9-7-3-6-8(9)4-1;1-4(2,3)5;1-5(2,3)4;1-2-3;;;;;/h1-7H;5H,1-3H3;4H,1-3H3;3H,2H2,1H3;1H3;2*1H;;/q2*-1;;;-1;;;;. The van der Waals surface area contributed by atoms with Crippen LogP contribution >= 0.6 is 24.8 Å². The second kappa shape index (κ2) is 24.6. The van der Waals surface area contributed by atoms with Crippen molar-refractivity contribution in [3.63, 3.8) is 0 Å². The predicted octanol–water partition coefficient (Wildman–Crippen LogP) is 6.12. The van der Waals surface area contributed by atoms with Gasteiger partial charge in [-0.1, -0.05) is 26.8 Å². The Morgan fingerprint density at radius 3 is 1.67 bits per heavy atom. The molecule has 0 saturated carbocycles. The number of aliphatic hydroxyl groups excluding tert-OH is 1. The van der Waals surface area contributed by atoms with Crippen molar-refractivity contribution >= 4 is 50.8 Å². The smallest absolute Gasteiger partial charge is 0.0809 e. The SMILES string of the molecule is CC(C)(C)[NH-].CCO.C[Si](C)(C)O.Cl.Cl.[CH3-].[Si]=[Zr].c1ccc2[cH-]ccc2c1. The van der Waals surface area contributed by atoms with E-state index in [1.54, 1.807) is 6.92 Å². The number of benzene rings is 1. The van der Waals surface area contributed by atoms with Crippen LogP contribution in [0.1, 0.15) is 27.7 Å². The minimum absolute atomic E-state index is 0. The largest absolute Gasteiger partial charge is 0.168 e. The van der Waals surface area contributed by atoms with Gasteiger partial charge >= 0.3 is 30.2 Å². The number of rotatable bonds is 0. The van der Waals surface area contributed by atoms with Crippen molar-refractivity contribution in [2.24, 2.45) is 0 Å². The summed E-state index contributed by atoms with van der Waals surface area (Å²) in [5.74, 6) is 0. The molecule has 2 radical (unpaired) electrons. The summed E-state index contributed by atoms with van der Waals surface area (Å²) in [7, 11) is -1.61. The molecule has 0 saturated heterocycles. The molecule has 0 unspecified atom stereocenters. The Morgan fingerprint density at radius 1 is 1.07 bits per heavy atom. The van der Waals surface area contributed by atoms with Gasteiger partial charge in [0.15, 0.2) is 8.32 Å². The number of hydrogen-bond donors (Lipinski definition) is 2. The first-order chi connectivity index (χ1) is 10.9. The van der Waals surface area contributed by atoms with Gasteiger partial charge in [-0.25, -0.2) is 0 Å². The van der Waals surface area contributed by atoms with Crippen molar-refractivity contribution < 1.29 is 33.2 Å². The summed E-state index contributed by atoms with van der Waals surface area (Å²) in [5, 5.41) is 10.2. The third-order valence-corrected chi connectivity index (χ3v) is 1.55. The molecule has 0 heterocycles. The molecule has 2 aromatic carbocycles. The van der Waals surface area contributed by atoms with Crippen LogP contribution < -0.4 is 0 Å². The van der Waals surface area contributed by atoms with Crippen molar-refractivity contribution in [1.29, 1.82) is 0 Å². The second-order valence-electron chi connectivity index (χ2n) is 6.89. The molecule has 0 amide bonds. The summed E-state index contributed by atoms with van der Waals surface area (Å²) in [4.78, 5) is 8.66. The first-order valence-corrected chi connectivity index (χ1v) is 15.5. The molecule has 27 heavy (non-hydrogen) atoms. The maximum atomic E-state index is 8.66. The summed E-state index contributed by atoms with van der Waals surface area (Å²) in [5.41, 5.74) is 6.69. The van der Waals surface area contributed by atoms with Gasteiger partial charge in [0, 0.05) is 6.61 Å². The van der Waals surface area contributed by atoms with E-state index in [1.165, 1.54) is 34.1 Å². The molecule has 2 rings (SSSR count). The Morgan fingerprint density at radius 2 is 1.37 bits per heavy atom. The van der Waals surface area contributed by atoms with Crippen LogP contribution in [-0.4, -0.2) is 37.2 Å². The van der Waals surface area contributed by atoms with Crippen molar-refractivity contribution in [3.05, 3.63) is 55.6 Å². The van der Waals surface area contributed by atoms with Crippen LogP contribution in [0.4, 0.5) is 0 Å². The van der Waals surface area contributed by atoms with E-state index in [9.17, 15) is 0 Å². The quantitative estimate of drug-likeness (QED) is 0.318. The number of nitrogens with one attached hydrogen (secondary N) is 1. The van der Waals surface area contributed by atoms with Crippen molar-refractivity contribution in [2.45, 2.75) is 52.9 Å². The molecule has 2 aromatic rings. The third-order valence-electron chi connectivity index (χ3n) is 1.55. The van der Waals surface area contributed by atoms with Crippen LogP contribution in [0.5, 0.6) is 0 Å². The fraction of sp³-hybridized carbons (Fsp3) is 0.474. The Hall–Kier alpha value is 0.607. The van der Waals surface area contributed by atoms with Crippen LogP contribution in [0.15, 0.2) is 42.5 Å². The Labute approximate surface area is 198 Å². The topological polar surface area (TPSA) is 64.3 Å². The molecule has 0 atom stereocenters. The van der Waals surface area contributed by atoms with Crippen molar-refractivity contribution in [1.82, 2.24) is 0 Å².